The molecule has 0 aromatic carbocycles. The molecule has 2 aliphatic rings. The summed E-state index contributed by atoms with van der Waals surface area (Å²) < 4.78 is 5.36. The van der Waals surface area contributed by atoms with E-state index < -0.39 is 5.60 Å². The van der Waals surface area contributed by atoms with Crippen LogP contribution in [-0.2, 0) is 9.53 Å². The van der Waals surface area contributed by atoms with Gasteiger partial charge in [-0.2, -0.15) is 0 Å². The molecule has 2 rings (SSSR count). The van der Waals surface area contributed by atoms with E-state index in [0.29, 0.717) is 25.9 Å². The number of hydrogen-bond acceptors (Lipinski definition) is 3. The first-order valence-corrected chi connectivity index (χ1v) is 9.46. The van der Waals surface area contributed by atoms with Crippen LogP contribution in [0, 0.1) is 5.92 Å². The zero-order chi connectivity index (χ0) is 19.0. The average Bonchev–Trinajstić information content (AvgIpc) is 2.57. The first kappa shape index (κ1) is 21.6. The summed E-state index contributed by atoms with van der Waals surface area (Å²) in [5.74, 6) is -0.0255. The SMILES string of the molecule is CC.CC(C)(C)OC(=O)N1CCC(C(=O)NC2=CC=C(Cl)CC2)CC1. The Morgan fingerprint density at radius 3 is 2.24 bits per heavy atom. The number of amides is 2. The van der Waals surface area contributed by atoms with Crippen molar-refractivity contribution in [2.24, 2.45) is 5.92 Å². The van der Waals surface area contributed by atoms with Crippen molar-refractivity contribution in [1.82, 2.24) is 10.2 Å². The molecule has 142 valence electrons. The Labute approximate surface area is 156 Å². The van der Waals surface area contributed by atoms with Crippen molar-refractivity contribution in [3.8, 4) is 0 Å². The van der Waals surface area contributed by atoms with E-state index in [2.05, 4.69) is 5.32 Å². The second kappa shape index (κ2) is 9.85. The molecule has 2 amide bonds. The number of nitrogens with one attached hydrogen (secondary N) is 1. The summed E-state index contributed by atoms with van der Waals surface area (Å²) in [6, 6.07) is 0. The minimum absolute atomic E-state index is 0.0338. The number of ether oxygens (including phenoxy) is 1. The molecule has 5 nitrogen and oxygen atoms in total. The van der Waals surface area contributed by atoms with Crippen molar-refractivity contribution in [1.29, 1.82) is 0 Å². The van der Waals surface area contributed by atoms with E-state index in [1.807, 2.05) is 46.8 Å². The predicted molar refractivity (Wildman–Crippen MR) is 101 cm³/mol. The summed E-state index contributed by atoms with van der Waals surface area (Å²) in [5, 5.41) is 3.79. The maximum atomic E-state index is 12.3. The average molecular weight is 371 g/mol. The van der Waals surface area contributed by atoms with E-state index in [1.165, 1.54) is 0 Å². The number of nitrogens with zero attached hydrogens (tertiary/aromatic N) is 1. The lowest BCUT2D eigenvalue weighted by Crippen LogP contribution is -2.44. The van der Waals surface area contributed by atoms with Gasteiger partial charge in [0.15, 0.2) is 0 Å². The fraction of sp³-hybridized carbons (Fsp3) is 0.684. The van der Waals surface area contributed by atoms with Crippen LogP contribution in [0.3, 0.4) is 0 Å². The van der Waals surface area contributed by atoms with Crippen LogP contribution in [0.25, 0.3) is 0 Å². The topological polar surface area (TPSA) is 58.6 Å². The Bertz CT molecular complexity index is 527. The van der Waals surface area contributed by atoms with Gasteiger partial charge < -0.3 is 15.0 Å². The lowest BCUT2D eigenvalue weighted by molar-refractivity contribution is -0.125. The van der Waals surface area contributed by atoms with Gasteiger partial charge in [0.25, 0.3) is 0 Å². The largest absolute Gasteiger partial charge is 0.444 e. The van der Waals surface area contributed by atoms with Crippen molar-refractivity contribution in [2.45, 2.75) is 65.9 Å². The molecule has 25 heavy (non-hydrogen) atoms. The molecule has 0 spiro atoms. The van der Waals surface area contributed by atoms with Gasteiger partial charge in [-0.25, -0.2) is 4.79 Å². The fourth-order valence-electron chi connectivity index (χ4n) is 2.63. The third-order valence-electron chi connectivity index (χ3n) is 3.90. The van der Waals surface area contributed by atoms with Crippen LogP contribution in [-0.4, -0.2) is 35.6 Å². The minimum Gasteiger partial charge on any atom is -0.444 e. The van der Waals surface area contributed by atoms with Crippen LogP contribution in [0.2, 0.25) is 0 Å². The highest BCUT2D eigenvalue weighted by Gasteiger charge is 2.30. The molecule has 1 aliphatic heterocycles. The Morgan fingerprint density at radius 1 is 1.16 bits per heavy atom. The minimum atomic E-state index is -0.493. The van der Waals surface area contributed by atoms with Crippen LogP contribution < -0.4 is 5.32 Å². The van der Waals surface area contributed by atoms with Gasteiger partial charge in [0.1, 0.15) is 5.60 Å². The maximum absolute atomic E-state index is 12.3. The van der Waals surface area contributed by atoms with E-state index >= 15 is 0 Å². The van der Waals surface area contributed by atoms with Crippen molar-refractivity contribution in [2.75, 3.05) is 13.1 Å². The lowest BCUT2D eigenvalue weighted by Gasteiger charge is -2.33. The van der Waals surface area contributed by atoms with Crippen LogP contribution in [0.4, 0.5) is 4.79 Å². The molecule has 0 unspecified atom stereocenters. The summed E-state index contributed by atoms with van der Waals surface area (Å²) in [4.78, 5) is 26.0. The fourth-order valence-corrected chi connectivity index (χ4v) is 2.78. The molecular weight excluding hydrogens is 340 g/mol. The summed E-state index contributed by atoms with van der Waals surface area (Å²) in [5.41, 5.74) is 0.419. The molecule has 0 atom stereocenters. The Hall–Kier alpha value is -1.49. The first-order chi connectivity index (χ1) is 11.7. The second-order valence-corrected chi connectivity index (χ2v) is 7.52. The molecule has 1 aliphatic carbocycles. The summed E-state index contributed by atoms with van der Waals surface area (Å²) >= 11 is 5.91. The number of piperidine rings is 1. The Kier molecular flexibility index (Phi) is 8.50. The van der Waals surface area contributed by atoms with Crippen molar-refractivity contribution < 1.29 is 14.3 Å². The van der Waals surface area contributed by atoms with Crippen LogP contribution in [0.15, 0.2) is 22.9 Å². The highest BCUT2D eigenvalue weighted by molar-refractivity contribution is 6.29. The molecule has 0 aromatic heterocycles. The molecule has 0 radical (unpaired) electrons. The number of halogens is 1. The molecule has 1 N–H and O–H groups in total. The van der Waals surface area contributed by atoms with Crippen molar-refractivity contribution in [3.63, 3.8) is 0 Å². The van der Waals surface area contributed by atoms with Crippen LogP contribution in [0.5, 0.6) is 0 Å². The van der Waals surface area contributed by atoms with Gasteiger partial charge in [-0.1, -0.05) is 25.4 Å². The van der Waals surface area contributed by atoms with Crippen molar-refractivity contribution >= 4 is 23.6 Å². The molecule has 0 bridgehead atoms. The molecular formula is C19H31ClN2O3. The number of rotatable bonds is 2. The zero-order valence-electron chi connectivity index (χ0n) is 16.0. The molecule has 1 saturated heterocycles. The van der Waals surface area contributed by atoms with Gasteiger partial charge in [0.2, 0.25) is 5.91 Å². The molecule has 0 aromatic rings. The van der Waals surface area contributed by atoms with Crippen LogP contribution >= 0.6 is 11.6 Å². The van der Waals surface area contributed by atoms with E-state index in [9.17, 15) is 9.59 Å². The predicted octanol–water partition coefficient (Wildman–Crippen LogP) is 4.58. The number of carbonyl (C=O) groups is 2. The van der Waals surface area contributed by atoms with Gasteiger partial charge in [0.05, 0.1) is 0 Å². The van der Waals surface area contributed by atoms with Gasteiger partial charge in [-0.3, -0.25) is 4.79 Å². The van der Waals surface area contributed by atoms with Crippen LogP contribution in [0.1, 0.15) is 60.3 Å². The zero-order valence-corrected chi connectivity index (χ0v) is 16.8. The number of allylic oxidation sites excluding steroid dienone is 4. The Balaban J connectivity index is 0.00000151. The van der Waals surface area contributed by atoms with Gasteiger partial charge in [-0.15, -0.1) is 0 Å². The number of carbonyl (C=O) groups excluding carboxylic acids is 2. The maximum Gasteiger partial charge on any atom is 0.410 e. The van der Waals surface area contributed by atoms with Gasteiger partial charge in [0, 0.05) is 29.7 Å². The highest BCUT2D eigenvalue weighted by Crippen LogP contribution is 2.22. The number of hydrogen-bond donors (Lipinski definition) is 1. The number of likely N-dealkylation sites (tertiary alicyclic amines) is 1. The lowest BCUT2D eigenvalue weighted by atomic mass is 9.95. The summed E-state index contributed by atoms with van der Waals surface area (Å²) in [7, 11) is 0. The molecule has 0 saturated carbocycles. The molecule has 1 heterocycles. The van der Waals surface area contributed by atoms with Gasteiger partial charge >= 0.3 is 6.09 Å². The third kappa shape index (κ3) is 7.51. The normalized spacial score (nSPS) is 18.4. The first-order valence-electron chi connectivity index (χ1n) is 9.08. The third-order valence-corrected chi connectivity index (χ3v) is 4.21. The monoisotopic (exact) mass is 370 g/mol. The quantitative estimate of drug-likeness (QED) is 0.774. The molecule has 1 fully saturated rings. The standard InChI is InChI=1S/C17H25ClN2O3.C2H6/c1-17(2,3)23-16(22)20-10-8-12(9-11-20)15(21)19-14-6-4-13(18)5-7-14;1-2/h4,6,12H,5,7-11H2,1-3H3,(H,19,21);1-2H3. The smallest absolute Gasteiger partial charge is 0.410 e. The van der Waals surface area contributed by atoms with E-state index in [0.717, 1.165) is 23.6 Å². The van der Waals surface area contributed by atoms with Gasteiger partial charge in [-0.05, 0) is 58.6 Å². The van der Waals surface area contributed by atoms with Crippen molar-refractivity contribution in [3.05, 3.63) is 22.9 Å². The highest BCUT2D eigenvalue weighted by atomic mass is 35.5. The summed E-state index contributed by atoms with van der Waals surface area (Å²) in [6.45, 7) is 10.7. The molecule has 6 heteroatoms. The van der Waals surface area contributed by atoms with E-state index in [4.69, 9.17) is 16.3 Å². The second-order valence-electron chi connectivity index (χ2n) is 7.04. The van der Waals surface area contributed by atoms with E-state index in [1.54, 1.807) is 4.90 Å². The Morgan fingerprint density at radius 2 is 1.76 bits per heavy atom. The van der Waals surface area contributed by atoms with E-state index in [-0.39, 0.29) is 17.9 Å². The summed E-state index contributed by atoms with van der Waals surface area (Å²) in [6.07, 6.45) is 6.24.